The highest BCUT2D eigenvalue weighted by Crippen LogP contribution is 2.41. The summed E-state index contributed by atoms with van der Waals surface area (Å²) in [5, 5.41) is 11.5. The van der Waals surface area contributed by atoms with Crippen LogP contribution in [-0.4, -0.2) is 40.9 Å². The minimum Gasteiger partial charge on any atom is -0.507 e. The molecule has 1 saturated heterocycles. The van der Waals surface area contributed by atoms with Crippen LogP contribution < -0.4 is 4.74 Å². The summed E-state index contributed by atoms with van der Waals surface area (Å²) in [6.07, 6.45) is 0. The van der Waals surface area contributed by atoms with Gasteiger partial charge in [0.05, 0.1) is 30.4 Å². The standard InChI is InChI=1S/C33H35NO6/c1-6-39-33(38)24-12-10-23(11-13-24)18-34-29(25-9-7-8-21(4)16-25)28(31(36)32(34)37)30(35)26-14-15-27(22(5)17-26)40-19-20(2)3/h7-17,20,29,35H,6,18-19H2,1-5H3/b30-28-. The van der Waals surface area contributed by atoms with Crippen molar-refractivity contribution < 1.29 is 29.0 Å². The quantitative estimate of drug-likeness (QED) is 0.151. The van der Waals surface area contributed by atoms with Crippen LogP contribution in [0.25, 0.3) is 5.76 Å². The Morgan fingerprint density at radius 3 is 2.30 bits per heavy atom. The van der Waals surface area contributed by atoms with Crippen molar-refractivity contribution in [3.63, 3.8) is 0 Å². The van der Waals surface area contributed by atoms with E-state index >= 15 is 0 Å². The first-order chi connectivity index (χ1) is 19.1. The zero-order valence-electron chi connectivity index (χ0n) is 23.6. The zero-order valence-corrected chi connectivity index (χ0v) is 23.6. The first-order valence-corrected chi connectivity index (χ1v) is 13.5. The lowest BCUT2D eigenvalue weighted by Gasteiger charge is -2.26. The molecule has 0 saturated carbocycles. The number of Topliss-reactive ketones (excluding diaryl/α,β-unsaturated/α-hetero) is 1. The highest BCUT2D eigenvalue weighted by Gasteiger charge is 2.46. The van der Waals surface area contributed by atoms with Crippen LogP contribution in [0, 0.1) is 19.8 Å². The van der Waals surface area contributed by atoms with Gasteiger partial charge in [-0.1, -0.05) is 55.8 Å². The van der Waals surface area contributed by atoms with Gasteiger partial charge < -0.3 is 19.5 Å². The number of ketones is 1. The van der Waals surface area contributed by atoms with Gasteiger partial charge in [-0.3, -0.25) is 9.59 Å². The van der Waals surface area contributed by atoms with E-state index in [4.69, 9.17) is 9.47 Å². The van der Waals surface area contributed by atoms with E-state index in [0.717, 1.165) is 22.3 Å². The molecule has 1 fully saturated rings. The summed E-state index contributed by atoms with van der Waals surface area (Å²) in [7, 11) is 0. The molecule has 208 valence electrons. The average molecular weight is 542 g/mol. The van der Waals surface area contributed by atoms with Crippen molar-refractivity contribution in [2.45, 2.75) is 47.2 Å². The molecule has 0 aliphatic carbocycles. The van der Waals surface area contributed by atoms with Crippen molar-refractivity contribution in [1.82, 2.24) is 4.90 Å². The molecule has 1 aliphatic heterocycles. The van der Waals surface area contributed by atoms with Gasteiger partial charge in [-0.25, -0.2) is 4.79 Å². The lowest BCUT2D eigenvalue weighted by Crippen LogP contribution is -2.29. The zero-order chi connectivity index (χ0) is 29.0. The summed E-state index contributed by atoms with van der Waals surface area (Å²) in [6.45, 7) is 10.6. The molecule has 7 nitrogen and oxygen atoms in total. The Morgan fingerprint density at radius 1 is 0.975 bits per heavy atom. The Labute approximate surface area is 235 Å². The fourth-order valence-corrected chi connectivity index (χ4v) is 4.76. The van der Waals surface area contributed by atoms with E-state index in [0.29, 0.717) is 29.4 Å². The molecule has 1 amide bonds. The third-order valence-corrected chi connectivity index (χ3v) is 6.74. The smallest absolute Gasteiger partial charge is 0.338 e. The Balaban J connectivity index is 1.74. The van der Waals surface area contributed by atoms with Crippen LogP contribution in [0.1, 0.15) is 65.0 Å². The molecule has 4 rings (SSSR count). The topological polar surface area (TPSA) is 93.1 Å². The van der Waals surface area contributed by atoms with Crippen LogP contribution >= 0.6 is 0 Å². The van der Waals surface area contributed by atoms with Gasteiger partial charge in [0, 0.05) is 12.1 Å². The first kappa shape index (κ1) is 28.6. The second-order valence-corrected chi connectivity index (χ2v) is 10.4. The van der Waals surface area contributed by atoms with E-state index in [9.17, 15) is 19.5 Å². The second-order valence-electron chi connectivity index (χ2n) is 10.4. The predicted octanol–water partition coefficient (Wildman–Crippen LogP) is 6.14. The van der Waals surface area contributed by atoms with Gasteiger partial charge in [0.15, 0.2) is 0 Å². The van der Waals surface area contributed by atoms with Crippen LogP contribution in [-0.2, 0) is 20.9 Å². The number of amides is 1. The van der Waals surface area contributed by atoms with E-state index in [1.165, 1.54) is 4.90 Å². The number of hydrogen-bond donors (Lipinski definition) is 1. The molecule has 0 spiro atoms. The van der Waals surface area contributed by atoms with Crippen molar-refractivity contribution in [2.24, 2.45) is 5.92 Å². The molecule has 1 atom stereocenters. The van der Waals surface area contributed by atoms with Crippen LogP contribution in [0.3, 0.4) is 0 Å². The summed E-state index contributed by atoms with van der Waals surface area (Å²) >= 11 is 0. The van der Waals surface area contributed by atoms with Crippen molar-refractivity contribution >= 4 is 23.4 Å². The van der Waals surface area contributed by atoms with Gasteiger partial charge in [0.25, 0.3) is 11.7 Å². The van der Waals surface area contributed by atoms with Crippen LogP contribution in [0.5, 0.6) is 5.75 Å². The van der Waals surface area contributed by atoms with Crippen molar-refractivity contribution in [3.8, 4) is 5.75 Å². The van der Waals surface area contributed by atoms with E-state index < -0.39 is 23.7 Å². The lowest BCUT2D eigenvalue weighted by atomic mass is 9.94. The number of rotatable bonds is 9. The number of hydrogen-bond acceptors (Lipinski definition) is 6. The number of aliphatic hydroxyl groups excluding tert-OH is 1. The third-order valence-electron chi connectivity index (χ3n) is 6.74. The molecular weight excluding hydrogens is 506 g/mol. The van der Waals surface area contributed by atoms with Gasteiger partial charge in [0.2, 0.25) is 0 Å². The molecular formula is C33H35NO6. The summed E-state index contributed by atoms with van der Waals surface area (Å²) in [5.74, 6) is -1.04. The van der Waals surface area contributed by atoms with Gasteiger partial charge in [-0.2, -0.15) is 0 Å². The molecule has 1 unspecified atom stereocenters. The highest BCUT2D eigenvalue weighted by molar-refractivity contribution is 6.46. The monoisotopic (exact) mass is 541 g/mol. The maximum absolute atomic E-state index is 13.4. The number of benzene rings is 3. The molecule has 0 radical (unpaired) electrons. The molecule has 7 heteroatoms. The number of esters is 1. The second kappa shape index (κ2) is 12.2. The predicted molar refractivity (Wildman–Crippen MR) is 153 cm³/mol. The fraction of sp³-hybridized carbons (Fsp3) is 0.303. The largest absolute Gasteiger partial charge is 0.507 e. The van der Waals surface area contributed by atoms with Crippen LogP contribution in [0.15, 0.2) is 72.3 Å². The van der Waals surface area contributed by atoms with Crippen LogP contribution in [0.2, 0.25) is 0 Å². The maximum atomic E-state index is 13.4. The van der Waals surface area contributed by atoms with Crippen molar-refractivity contribution in [3.05, 3.63) is 106 Å². The summed E-state index contributed by atoms with van der Waals surface area (Å²) in [5.41, 5.74) is 4.10. The van der Waals surface area contributed by atoms with Gasteiger partial charge in [-0.15, -0.1) is 0 Å². The molecule has 0 bridgehead atoms. The SMILES string of the molecule is CCOC(=O)c1ccc(CN2C(=O)C(=O)/C(=C(\O)c3ccc(OCC(C)C)c(C)c3)C2c2cccc(C)c2)cc1. The maximum Gasteiger partial charge on any atom is 0.338 e. The number of nitrogens with zero attached hydrogens (tertiary/aromatic N) is 1. The van der Waals surface area contributed by atoms with Gasteiger partial charge in [0.1, 0.15) is 11.5 Å². The number of ether oxygens (including phenoxy) is 2. The Morgan fingerprint density at radius 2 is 1.68 bits per heavy atom. The number of aliphatic hydroxyl groups is 1. The van der Waals surface area contributed by atoms with Crippen molar-refractivity contribution in [2.75, 3.05) is 13.2 Å². The van der Waals surface area contributed by atoms with E-state index in [1.54, 1.807) is 49.4 Å². The lowest BCUT2D eigenvalue weighted by molar-refractivity contribution is -0.140. The van der Waals surface area contributed by atoms with E-state index in [1.807, 2.05) is 38.1 Å². The highest BCUT2D eigenvalue weighted by atomic mass is 16.5. The fourth-order valence-electron chi connectivity index (χ4n) is 4.76. The van der Waals surface area contributed by atoms with Gasteiger partial charge >= 0.3 is 5.97 Å². The van der Waals surface area contributed by atoms with Crippen LogP contribution in [0.4, 0.5) is 0 Å². The molecule has 3 aromatic carbocycles. The minimum absolute atomic E-state index is 0.0361. The number of likely N-dealkylation sites (tertiary alicyclic amines) is 1. The molecule has 3 aromatic rings. The average Bonchev–Trinajstić information content (AvgIpc) is 3.17. The Hall–Kier alpha value is -4.39. The first-order valence-electron chi connectivity index (χ1n) is 13.5. The van der Waals surface area contributed by atoms with Gasteiger partial charge in [-0.05, 0) is 73.7 Å². The number of carbonyl (C=O) groups excluding carboxylic acids is 3. The number of aryl methyl sites for hydroxylation is 2. The summed E-state index contributed by atoms with van der Waals surface area (Å²) in [6, 6.07) is 18.7. The normalized spacial score (nSPS) is 16.4. The molecule has 0 aromatic heterocycles. The molecule has 1 heterocycles. The molecule has 40 heavy (non-hydrogen) atoms. The molecule has 1 N–H and O–H groups in total. The number of carbonyl (C=O) groups is 3. The Kier molecular flexibility index (Phi) is 8.73. The minimum atomic E-state index is -0.790. The van der Waals surface area contributed by atoms with Crippen molar-refractivity contribution in [1.29, 1.82) is 0 Å². The Bertz CT molecular complexity index is 1450. The van der Waals surface area contributed by atoms with E-state index in [2.05, 4.69) is 13.8 Å². The summed E-state index contributed by atoms with van der Waals surface area (Å²) in [4.78, 5) is 40.4. The third kappa shape index (κ3) is 6.09. The van der Waals surface area contributed by atoms with E-state index in [-0.39, 0.29) is 24.5 Å². The molecule has 1 aliphatic rings. The summed E-state index contributed by atoms with van der Waals surface area (Å²) < 4.78 is 10.9.